The van der Waals surface area contributed by atoms with Gasteiger partial charge in [0.2, 0.25) is 11.8 Å². The molecule has 1 aliphatic rings. The average Bonchev–Trinajstić information content (AvgIpc) is 3.24. The summed E-state index contributed by atoms with van der Waals surface area (Å²) in [6, 6.07) is 4.67. The molecule has 1 aliphatic carbocycles. The molecule has 138 valence electrons. The van der Waals surface area contributed by atoms with Crippen LogP contribution >= 0.6 is 22.9 Å². The van der Waals surface area contributed by atoms with E-state index in [1.165, 1.54) is 24.4 Å². The number of nitrogens with zero attached hydrogens (tertiary/aromatic N) is 4. The Morgan fingerprint density at radius 2 is 2.00 bits per heavy atom. The van der Waals surface area contributed by atoms with E-state index in [-0.39, 0.29) is 6.10 Å². The van der Waals surface area contributed by atoms with E-state index in [0.717, 1.165) is 33.8 Å². The molecular weight excluding hydrogens is 366 g/mol. The largest absolute Gasteiger partial charge is 0.473 e. The average molecular weight is 390 g/mol. The predicted octanol–water partition coefficient (Wildman–Crippen LogP) is 4.45. The van der Waals surface area contributed by atoms with Crippen molar-refractivity contribution in [3.63, 3.8) is 0 Å². The predicted molar refractivity (Wildman–Crippen MR) is 108 cm³/mol. The number of aromatic nitrogens is 3. The lowest BCUT2D eigenvalue weighted by Gasteiger charge is -2.32. The van der Waals surface area contributed by atoms with E-state index in [9.17, 15) is 0 Å². The summed E-state index contributed by atoms with van der Waals surface area (Å²) in [4.78, 5) is 11.6. The monoisotopic (exact) mass is 389 g/mol. The van der Waals surface area contributed by atoms with Crippen LogP contribution in [0.2, 0.25) is 0 Å². The Hall–Kier alpha value is -1.77. The molecule has 26 heavy (non-hydrogen) atoms. The van der Waals surface area contributed by atoms with Gasteiger partial charge >= 0.3 is 0 Å². The summed E-state index contributed by atoms with van der Waals surface area (Å²) in [5.41, 5.74) is 1.91. The van der Waals surface area contributed by atoms with Crippen LogP contribution in [-0.2, 0) is 0 Å². The number of rotatable bonds is 5. The first-order valence-corrected chi connectivity index (χ1v) is 10.5. The van der Waals surface area contributed by atoms with Crippen LogP contribution in [0.5, 0.6) is 5.88 Å². The van der Waals surface area contributed by atoms with Crippen molar-refractivity contribution in [3.05, 3.63) is 23.2 Å². The van der Waals surface area contributed by atoms with Crippen molar-refractivity contribution in [1.82, 2.24) is 19.2 Å². The molecular formula is C18H23N5OS2. The number of nitrogens with one attached hydrogen (secondary N) is 1. The van der Waals surface area contributed by atoms with E-state index in [4.69, 9.17) is 4.74 Å². The lowest BCUT2D eigenvalue weighted by molar-refractivity contribution is 0.109. The Kier molecular flexibility index (Phi) is 5.06. The third kappa shape index (κ3) is 3.82. The van der Waals surface area contributed by atoms with Gasteiger partial charge in [0.15, 0.2) is 0 Å². The lowest BCUT2D eigenvalue weighted by atomic mass is 9.92. The second-order valence-electron chi connectivity index (χ2n) is 6.96. The van der Waals surface area contributed by atoms with Gasteiger partial charge in [0.25, 0.3) is 0 Å². The first-order valence-electron chi connectivity index (χ1n) is 8.87. The third-order valence-corrected chi connectivity index (χ3v) is 6.48. The molecule has 3 heterocycles. The van der Waals surface area contributed by atoms with Crippen LogP contribution < -0.4 is 10.1 Å². The number of thiophene rings is 1. The van der Waals surface area contributed by atoms with Crippen LogP contribution in [0.25, 0.3) is 10.2 Å². The summed E-state index contributed by atoms with van der Waals surface area (Å²) in [5, 5.41) is 6.23. The van der Waals surface area contributed by atoms with Gasteiger partial charge in [-0.2, -0.15) is 9.36 Å². The molecule has 6 nitrogen and oxygen atoms in total. The molecule has 0 spiro atoms. The molecule has 0 saturated heterocycles. The maximum atomic E-state index is 6.33. The van der Waals surface area contributed by atoms with Gasteiger partial charge in [-0.1, -0.05) is 0 Å². The van der Waals surface area contributed by atoms with Crippen molar-refractivity contribution in [2.75, 3.05) is 19.4 Å². The van der Waals surface area contributed by atoms with Crippen molar-refractivity contribution in [2.45, 2.75) is 44.8 Å². The van der Waals surface area contributed by atoms with Crippen LogP contribution in [0, 0.1) is 6.92 Å². The zero-order valence-electron chi connectivity index (χ0n) is 15.2. The first-order chi connectivity index (χ1) is 12.6. The van der Waals surface area contributed by atoms with Crippen LogP contribution in [0.4, 0.5) is 10.9 Å². The highest BCUT2D eigenvalue weighted by molar-refractivity contribution is 7.17. The second kappa shape index (κ2) is 7.46. The zero-order chi connectivity index (χ0) is 18.1. The number of fused-ring (bicyclic) bond motifs is 1. The summed E-state index contributed by atoms with van der Waals surface area (Å²) in [7, 11) is 4.31. The van der Waals surface area contributed by atoms with Crippen molar-refractivity contribution >= 4 is 44.0 Å². The van der Waals surface area contributed by atoms with Gasteiger partial charge in [-0.05, 0) is 75.7 Å². The Morgan fingerprint density at radius 3 is 2.69 bits per heavy atom. The van der Waals surface area contributed by atoms with Gasteiger partial charge in [0.05, 0.1) is 11.2 Å². The molecule has 0 radical (unpaired) electrons. The Bertz CT molecular complexity index is 883. The van der Waals surface area contributed by atoms with E-state index < -0.39 is 0 Å². The quantitative estimate of drug-likeness (QED) is 0.695. The highest BCUT2D eigenvalue weighted by atomic mass is 32.1. The first kappa shape index (κ1) is 17.6. The molecule has 3 aromatic rings. The summed E-state index contributed by atoms with van der Waals surface area (Å²) >= 11 is 3.04. The molecule has 0 aromatic carbocycles. The van der Waals surface area contributed by atoms with Gasteiger partial charge in [-0.15, -0.1) is 11.3 Å². The normalized spacial score (nSPS) is 20.6. The van der Waals surface area contributed by atoms with E-state index >= 15 is 0 Å². The van der Waals surface area contributed by atoms with Crippen LogP contribution in [0.1, 0.15) is 31.4 Å². The van der Waals surface area contributed by atoms with Crippen molar-refractivity contribution in [1.29, 1.82) is 0 Å². The molecule has 0 bridgehead atoms. The summed E-state index contributed by atoms with van der Waals surface area (Å²) in [5.74, 6) is 1.26. The van der Waals surface area contributed by atoms with Gasteiger partial charge in [0.1, 0.15) is 15.8 Å². The molecule has 4 rings (SSSR count). The zero-order valence-corrected chi connectivity index (χ0v) is 16.9. The third-order valence-electron chi connectivity index (χ3n) is 4.79. The molecule has 0 aliphatic heterocycles. The topological polar surface area (TPSA) is 63.2 Å². The smallest absolute Gasteiger partial charge is 0.236 e. The lowest BCUT2D eigenvalue weighted by Crippen LogP contribution is -2.35. The number of anilines is 2. The fourth-order valence-corrected chi connectivity index (χ4v) is 4.76. The Labute approximate surface area is 161 Å². The van der Waals surface area contributed by atoms with Crippen molar-refractivity contribution in [3.8, 4) is 5.88 Å². The van der Waals surface area contributed by atoms with E-state index in [2.05, 4.69) is 38.7 Å². The summed E-state index contributed by atoms with van der Waals surface area (Å²) < 4.78 is 11.6. The number of hydrogen-bond donors (Lipinski definition) is 1. The molecule has 0 unspecified atom stereocenters. The molecule has 3 aromatic heterocycles. The number of hydrogen-bond acceptors (Lipinski definition) is 8. The van der Waals surface area contributed by atoms with E-state index in [0.29, 0.717) is 17.9 Å². The van der Waals surface area contributed by atoms with E-state index in [1.54, 1.807) is 11.3 Å². The summed E-state index contributed by atoms with van der Waals surface area (Å²) in [6.07, 6.45) is 4.70. The van der Waals surface area contributed by atoms with Crippen LogP contribution in [-0.4, -0.2) is 45.5 Å². The summed E-state index contributed by atoms with van der Waals surface area (Å²) in [6.45, 7) is 1.98. The fraction of sp³-hybridized carbons (Fsp3) is 0.500. The van der Waals surface area contributed by atoms with Crippen molar-refractivity contribution < 1.29 is 4.74 Å². The van der Waals surface area contributed by atoms with Gasteiger partial charge in [0, 0.05) is 6.04 Å². The molecule has 0 amide bonds. The standard InChI is InChI=1S/C18H23N5OS2/c1-11-10-15(26-22-11)20-18-19-14-8-9-25-16(14)17(21-18)24-13-6-4-12(5-7-13)23(2)3/h8-10,12-13H,4-7H2,1-3H3,(H,19,20,21)/t12-,13+. The molecule has 1 N–H and O–H groups in total. The maximum Gasteiger partial charge on any atom is 0.236 e. The molecule has 8 heteroatoms. The highest BCUT2D eigenvalue weighted by Gasteiger charge is 2.25. The Balaban J connectivity index is 1.53. The number of ether oxygens (including phenoxy) is 1. The molecule has 1 fully saturated rings. The Morgan fingerprint density at radius 1 is 1.19 bits per heavy atom. The molecule has 1 saturated carbocycles. The minimum absolute atomic E-state index is 0.227. The van der Waals surface area contributed by atoms with Crippen LogP contribution in [0.15, 0.2) is 17.5 Å². The van der Waals surface area contributed by atoms with Gasteiger partial charge in [-0.25, -0.2) is 4.98 Å². The van der Waals surface area contributed by atoms with Crippen LogP contribution in [0.3, 0.4) is 0 Å². The van der Waals surface area contributed by atoms with Gasteiger partial charge < -0.3 is 15.0 Å². The minimum atomic E-state index is 0.227. The fourth-order valence-electron chi connectivity index (χ4n) is 3.34. The van der Waals surface area contributed by atoms with E-state index in [1.807, 2.05) is 24.4 Å². The van der Waals surface area contributed by atoms with Crippen molar-refractivity contribution in [2.24, 2.45) is 0 Å². The SMILES string of the molecule is Cc1cc(Nc2nc(O[C@H]3CC[C@@H](N(C)C)CC3)c3sccc3n2)sn1. The maximum absolute atomic E-state index is 6.33. The second-order valence-corrected chi connectivity index (χ2v) is 8.68. The highest BCUT2D eigenvalue weighted by Crippen LogP contribution is 2.33. The molecule has 0 atom stereocenters. The van der Waals surface area contributed by atoms with Gasteiger partial charge in [-0.3, -0.25) is 0 Å². The minimum Gasteiger partial charge on any atom is -0.473 e. The number of aryl methyl sites for hydroxylation is 1.